The van der Waals surface area contributed by atoms with Crippen LogP contribution >= 0.6 is 0 Å². The zero-order valence-corrected chi connectivity index (χ0v) is 21.6. The fourth-order valence-electron chi connectivity index (χ4n) is 3.30. The molecule has 0 saturated carbocycles. The van der Waals surface area contributed by atoms with Gasteiger partial charge in [-0.15, -0.1) is 0 Å². The number of hydrogen-bond donors (Lipinski definition) is 1. The molecule has 0 atom stereocenters. The number of hydrogen-bond acceptors (Lipinski definition) is 5. The summed E-state index contributed by atoms with van der Waals surface area (Å²) in [6, 6.07) is 13.2. The monoisotopic (exact) mass is 507 g/mol. The van der Waals surface area contributed by atoms with Crippen molar-refractivity contribution in [2.45, 2.75) is 46.8 Å². The smallest absolute Gasteiger partial charge is 0.392 e. The molecule has 0 radical (unpaired) electrons. The molecule has 0 aliphatic heterocycles. The van der Waals surface area contributed by atoms with Crippen LogP contribution in [0.4, 0.5) is 18.9 Å². The highest BCUT2D eigenvalue weighted by Crippen LogP contribution is 2.26. The van der Waals surface area contributed by atoms with Gasteiger partial charge in [0.25, 0.3) is 0 Å². The summed E-state index contributed by atoms with van der Waals surface area (Å²) in [7, 11) is 1.64. The van der Waals surface area contributed by atoms with Crippen LogP contribution in [0.15, 0.2) is 60.7 Å². The van der Waals surface area contributed by atoms with Gasteiger partial charge in [0.15, 0.2) is 0 Å². The first-order valence-corrected chi connectivity index (χ1v) is 11.7. The zero-order valence-electron chi connectivity index (χ0n) is 21.6. The van der Waals surface area contributed by atoms with E-state index in [1.54, 1.807) is 26.2 Å². The van der Waals surface area contributed by atoms with Crippen molar-refractivity contribution in [3.63, 3.8) is 0 Å². The van der Waals surface area contributed by atoms with Crippen LogP contribution in [0.2, 0.25) is 0 Å². The van der Waals surface area contributed by atoms with Crippen LogP contribution in [0, 0.1) is 6.92 Å². The number of benzene rings is 2. The quantitative estimate of drug-likeness (QED) is 0.282. The van der Waals surface area contributed by atoms with Crippen molar-refractivity contribution >= 4 is 17.2 Å². The predicted molar refractivity (Wildman–Crippen MR) is 138 cm³/mol. The number of halogens is 3. The van der Waals surface area contributed by atoms with E-state index in [1.165, 1.54) is 13.0 Å². The minimum Gasteiger partial charge on any atom is -0.508 e. The minimum absolute atomic E-state index is 0.211. The summed E-state index contributed by atoms with van der Waals surface area (Å²) < 4.78 is 47.0. The summed E-state index contributed by atoms with van der Waals surface area (Å²) in [6.45, 7) is 9.11. The number of phenolic OH excluding ortho intramolecular Hbond substituents is 1. The van der Waals surface area contributed by atoms with Gasteiger partial charge in [0, 0.05) is 32.8 Å². The van der Waals surface area contributed by atoms with Crippen molar-refractivity contribution in [1.29, 1.82) is 0 Å². The SMILES string of the molecule is C/C=C(\C=C/CC(F)(F)F)c1cccc(N(CCOC)Cc2ccc(O)c(C)c2)c1.CCOC(C)=O. The Labute approximate surface area is 211 Å². The number of aryl methyl sites for hydroxylation is 1. The third-order valence-corrected chi connectivity index (χ3v) is 5.05. The summed E-state index contributed by atoms with van der Waals surface area (Å²) >= 11 is 0. The van der Waals surface area contributed by atoms with Gasteiger partial charge < -0.3 is 19.5 Å². The van der Waals surface area contributed by atoms with Gasteiger partial charge in [-0.1, -0.05) is 42.5 Å². The molecule has 0 amide bonds. The molecule has 0 saturated heterocycles. The van der Waals surface area contributed by atoms with E-state index >= 15 is 0 Å². The number of ether oxygens (including phenoxy) is 2. The van der Waals surface area contributed by atoms with Gasteiger partial charge in [-0.25, -0.2) is 0 Å². The fraction of sp³-hybridized carbons (Fsp3) is 0.393. The second-order valence-electron chi connectivity index (χ2n) is 7.98. The van der Waals surface area contributed by atoms with E-state index in [0.29, 0.717) is 26.3 Å². The second-order valence-corrected chi connectivity index (χ2v) is 7.98. The van der Waals surface area contributed by atoms with Gasteiger partial charge in [-0.3, -0.25) is 4.79 Å². The lowest BCUT2D eigenvalue weighted by Gasteiger charge is -2.25. The number of anilines is 1. The summed E-state index contributed by atoms with van der Waals surface area (Å²) in [5, 5.41) is 9.77. The highest BCUT2D eigenvalue weighted by Gasteiger charge is 2.24. The summed E-state index contributed by atoms with van der Waals surface area (Å²) in [4.78, 5) is 12.0. The maximum absolute atomic E-state index is 12.5. The molecule has 8 heteroatoms. The summed E-state index contributed by atoms with van der Waals surface area (Å²) in [5.74, 6) is 0.0463. The molecule has 0 aliphatic carbocycles. The lowest BCUT2D eigenvalue weighted by molar-refractivity contribution is -0.140. The van der Waals surface area contributed by atoms with Crippen LogP contribution in [0.25, 0.3) is 5.57 Å². The maximum atomic E-state index is 12.5. The number of carbonyl (C=O) groups is 1. The van der Waals surface area contributed by atoms with E-state index in [-0.39, 0.29) is 11.7 Å². The number of esters is 1. The lowest BCUT2D eigenvalue weighted by atomic mass is 10.0. The van der Waals surface area contributed by atoms with Gasteiger partial charge in [0.05, 0.1) is 19.6 Å². The third-order valence-electron chi connectivity index (χ3n) is 5.05. The van der Waals surface area contributed by atoms with Crippen LogP contribution in [0.5, 0.6) is 5.75 Å². The molecular formula is C28H36F3NO4. The molecule has 0 bridgehead atoms. The van der Waals surface area contributed by atoms with Crippen molar-refractivity contribution in [1.82, 2.24) is 0 Å². The Hall–Kier alpha value is -3.26. The van der Waals surface area contributed by atoms with Gasteiger partial charge in [-0.05, 0) is 61.2 Å². The van der Waals surface area contributed by atoms with E-state index in [9.17, 15) is 23.1 Å². The predicted octanol–water partition coefficient (Wildman–Crippen LogP) is 6.83. The molecule has 0 heterocycles. The Morgan fingerprint density at radius 3 is 2.42 bits per heavy atom. The Morgan fingerprint density at radius 1 is 1.17 bits per heavy atom. The molecule has 2 rings (SSSR count). The van der Waals surface area contributed by atoms with Crippen LogP contribution in [-0.4, -0.2) is 44.1 Å². The summed E-state index contributed by atoms with van der Waals surface area (Å²) in [5.41, 5.74) is 4.37. The molecule has 0 aromatic heterocycles. The Balaban J connectivity index is 0.000000960. The average molecular weight is 508 g/mol. The lowest BCUT2D eigenvalue weighted by Crippen LogP contribution is -2.26. The molecule has 36 heavy (non-hydrogen) atoms. The number of alkyl halides is 3. The van der Waals surface area contributed by atoms with E-state index in [2.05, 4.69) is 9.64 Å². The van der Waals surface area contributed by atoms with E-state index < -0.39 is 12.6 Å². The Bertz CT molecular complexity index is 1020. The van der Waals surface area contributed by atoms with Gasteiger partial charge in [0.1, 0.15) is 5.75 Å². The number of aromatic hydroxyl groups is 1. The first-order valence-electron chi connectivity index (χ1n) is 11.7. The summed E-state index contributed by atoms with van der Waals surface area (Å²) in [6.07, 6.45) is -0.714. The van der Waals surface area contributed by atoms with E-state index in [0.717, 1.165) is 34.0 Å². The zero-order chi connectivity index (χ0) is 27.1. The van der Waals surface area contributed by atoms with Crippen LogP contribution in [-0.2, 0) is 20.8 Å². The number of rotatable bonds is 10. The van der Waals surface area contributed by atoms with Crippen LogP contribution in [0.1, 0.15) is 43.9 Å². The number of phenols is 1. The Kier molecular flexibility index (Phi) is 13.4. The molecule has 0 unspecified atom stereocenters. The first kappa shape index (κ1) is 30.8. The highest BCUT2D eigenvalue weighted by molar-refractivity contribution is 5.76. The van der Waals surface area contributed by atoms with Crippen molar-refractivity contribution in [2.75, 3.05) is 31.8 Å². The van der Waals surface area contributed by atoms with E-state index in [4.69, 9.17) is 4.74 Å². The van der Waals surface area contributed by atoms with Crippen LogP contribution in [0.3, 0.4) is 0 Å². The van der Waals surface area contributed by atoms with E-state index in [1.807, 2.05) is 50.2 Å². The Morgan fingerprint density at radius 2 is 1.89 bits per heavy atom. The van der Waals surface area contributed by atoms with Crippen LogP contribution < -0.4 is 4.90 Å². The van der Waals surface area contributed by atoms with Gasteiger partial charge in [0.2, 0.25) is 0 Å². The first-order chi connectivity index (χ1) is 17.0. The molecule has 0 spiro atoms. The van der Waals surface area contributed by atoms with Crippen molar-refractivity contribution < 1.29 is 32.5 Å². The molecule has 5 nitrogen and oxygen atoms in total. The highest BCUT2D eigenvalue weighted by atomic mass is 19.4. The number of methoxy groups -OCH3 is 1. The fourth-order valence-corrected chi connectivity index (χ4v) is 3.30. The third kappa shape index (κ3) is 11.9. The van der Waals surface area contributed by atoms with Gasteiger partial charge in [-0.2, -0.15) is 13.2 Å². The standard InChI is InChI=1S/C24H28F3NO2.C4H8O2/c1-4-20(8-6-12-24(25,26)27)21-7-5-9-22(16-21)28(13-14-30-3)17-19-10-11-23(29)18(2)15-19;1-3-6-4(2)5/h4-11,15-16,29H,12-14,17H2,1-3H3;3H2,1-2H3/b8-6-,20-4+;. The minimum atomic E-state index is -4.21. The van der Waals surface area contributed by atoms with Crippen molar-refractivity contribution in [3.05, 3.63) is 77.4 Å². The average Bonchev–Trinajstić information content (AvgIpc) is 2.81. The second kappa shape index (κ2) is 15.7. The molecule has 0 aliphatic rings. The molecule has 198 valence electrons. The number of carbonyl (C=O) groups excluding carboxylic acids is 1. The molecule has 1 N–H and O–H groups in total. The maximum Gasteiger partial charge on any atom is 0.392 e. The molecule has 2 aromatic rings. The van der Waals surface area contributed by atoms with Gasteiger partial charge >= 0.3 is 12.1 Å². The van der Waals surface area contributed by atoms with Crippen molar-refractivity contribution in [3.8, 4) is 5.75 Å². The largest absolute Gasteiger partial charge is 0.508 e. The molecule has 2 aromatic carbocycles. The normalized spacial score (nSPS) is 11.7. The van der Waals surface area contributed by atoms with Crippen molar-refractivity contribution in [2.24, 2.45) is 0 Å². The molecule has 0 fully saturated rings. The number of allylic oxidation sites excluding steroid dienone is 4. The molecular weight excluding hydrogens is 471 g/mol. The number of nitrogens with zero attached hydrogens (tertiary/aromatic N) is 1. The topological polar surface area (TPSA) is 59.0 Å².